The number of benzene rings is 1. The molecule has 0 bridgehead atoms. The maximum atomic E-state index is 13.2. The van der Waals surface area contributed by atoms with Gasteiger partial charge in [-0.15, -0.1) is 0 Å². The molecule has 1 aromatic carbocycles. The lowest BCUT2D eigenvalue weighted by Gasteiger charge is -2.03. The Labute approximate surface area is 79.0 Å². The zero-order chi connectivity index (χ0) is 10.0. The lowest BCUT2D eigenvalue weighted by Crippen LogP contribution is -1.98. The van der Waals surface area contributed by atoms with Gasteiger partial charge in [-0.25, -0.2) is 8.78 Å². The van der Waals surface area contributed by atoms with E-state index >= 15 is 0 Å². The molecule has 2 nitrogen and oxygen atoms in total. The molecule has 0 radical (unpaired) electrons. The van der Waals surface area contributed by atoms with Crippen molar-refractivity contribution < 1.29 is 8.78 Å². The van der Waals surface area contributed by atoms with Gasteiger partial charge >= 0.3 is 0 Å². The van der Waals surface area contributed by atoms with Crippen LogP contribution in [0.1, 0.15) is 11.1 Å². The zero-order valence-corrected chi connectivity index (χ0v) is 7.57. The second-order valence-corrected chi connectivity index (χ2v) is 2.88. The maximum absolute atomic E-state index is 13.2. The van der Waals surface area contributed by atoms with E-state index in [4.69, 9.17) is 17.4 Å². The Morgan fingerprint density at radius 2 is 2.15 bits per heavy atom. The van der Waals surface area contributed by atoms with Crippen molar-refractivity contribution in [3.63, 3.8) is 0 Å². The standard InChI is InChI=1S/C8H7ClF2N2/c1-4-7(10)2-6(9)5(3-13-12)8(4)11/h2-3H,12H2,1H3. The normalized spacial score (nSPS) is 11.1. The summed E-state index contributed by atoms with van der Waals surface area (Å²) < 4.78 is 26.1. The molecule has 0 unspecified atom stereocenters. The Morgan fingerprint density at radius 1 is 1.54 bits per heavy atom. The van der Waals surface area contributed by atoms with Crippen LogP contribution in [-0.4, -0.2) is 6.21 Å². The predicted octanol–water partition coefficient (Wildman–Crippen LogP) is 2.22. The fraction of sp³-hybridized carbons (Fsp3) is 0.125. The van der Waals surface area contributed by atoms with Crippen LogP contribution in [0.15, 0.2) is 11.2 Å². The van der Waals surface area contributed by atoms with Gasteiger partial charge in [0.1, 0.15) is 11.6 Å². The van der Waals surface area contributed by atoms with Gasteiger partial charge in [-0.2, -0.15) is 5.10 Å². The molecule has 0 aliphatic carbocycles. The average Bonchev–Trinajstić information content (AvgIpc) is 2.09. The van der Waals surface area contributed by atoms with Crippen LogP contribution in [0.25, 0.3) is 0 Å². The average molecular weight is 205 g/mol. The minimum Gasteiger partial charge on any atom is -0.323 e. The van der Waals surface area contributed by atoms with Crippen LogP contribution >= 0.6 is 11.6 Å². The SMILES string of the molecule is Cc1c(F)cc(Cl)c(C=NN)c1F. The van der Waals surface area contributed by atoms with E-state index in [0.717, 1.165) is 12.3 Å². The van der Waals surface area contributed by atoms with Crippen molar-refractivity contribution in [3.05, 3.63) is 33.9 Å². The second kappa shape index (κ2) is 3.70. The fourth-order valence-corrected chi connectivity index (χ4v) is 1.13. The van der Waals surface area contributed by atoms with Gasteiger partial charge in [-0.3, -0.25) is 0 Å². The second-order valence-electron chi connectivity index (χ2n) is 2.47. The Hall–Kier alpha value is -1.16. The summed E-state index contributed by atoms with van der Waals surface area (Å²) in [6.07, 6.45) is 1.05. The number of hydrazone groups is 1. The molecule has 0 fully saturated rings. The van der Waals surface area contributed by atoms with E-state index in [-0.39, 0.29) is 16.1 Å². The minimum absolute atomic E-state index is 0.00284. The summed E-state index contributed by atoms with van der Waals surface area (Å²) in [5.74, 6) is 3.42. The summed E-state index contributed by atoms with van der Waals surface area (Å²) in [6, 6.07) is 1.02. The van der Waals surface area contributed by atoms with Gasteiger partial charge < -0.3 is 5.84 Å². The molecule has 0 aromatic heterocycles. The first-order chi connectivity index (χ1) is 6.07. The van der Waals surface area contributed by atoms with E-state index in [1.54, 1.807) is 0 Å². The molecule has 0 atom stereocenters. The summed E-state index contributed by atoms with van der Waals surface area (Å²) in [4.78, 5) is 0. The van der Waals surface area contributed by atoms with Crippen LogP contribution in [0, 0.1) is 18.6 Å². The first-order valence-electron chi connectivity index (χ1n) is 3.45. The molecular formula is C8H7ClF2N2. The molecule has 0 heterocycles. The molecule has 1 rings (SSSR count). The zero-order valence-electron chi connectivity index (χ0n) is 6.81. The van der Waals surface area contributed by atoms with E-state index < -0.39 is 11.6 Å². The van der Waals surface area contributed by atoms with Crippen LogP contribution in [0.4, 0.5) is 8.78 Å². The third-order valence-electron chi connectivity index (χ3n) is 1.64. The molecule has 13 heavy (non-hydrogen) atoms. The van der Waals surface area contributed by atoms with Crippen LogP contribution in [0.3, 0.4) is 0 Å². The molecule has 1 aromatic rings. The van der Waals surface area contributed by atoms with Crippen molar-refractivity contribution in [2.24, 2.45) is 10.9 Å². The van der Waals surface area contributed by atoms with E-state index in [1.165, 1.54) is 6.92 Å². The van der Waals surface area contributed by atoms with Gasteiger partial charge in [-0.05, 0) is 13.0 Å². The third-order valence-corrected chi connectivity index (χ3v) is 1.95. The highest BCUT2D eigenvalue weighted by Gasteiger charge is 2.12. The van der Waals surface area contributed by atoms with Crippen LogP contribution in [-0.2, 0) is 0 Å². The first-order valence-corrected chi connectivity index (χ1v) is 3.83. The number of hydrogen-bond donors (Lipinski definition) is 1. The Bertz CT molecular complexity index is 364. The van der Waals surface area contributed by atoms with Crippen molar-refractivity contribution in [1.29, 1.82) is 0 Å². The van der Waals surface area contributed by atoms with Crippen molar-refractivity contribution in [1.82, 2.24) is 0 Å². The van der Waals surface area contributed by atoms with E-state index in [0.29, 0.717) is 0 Å². The van der Waals surface area contributed by atoms with Gasteiger partial charge in [0.05, 0.1) is 11.2 Å². The van der Waals surface area contributed by atoms with Crippen LogP contribution in [0.2, 0.25) is 5.02 Å². The summed E-state index contributed by atoms with van der Waals surface area (Å²) in [5.41, 5.74) is -0.0950. The minimum atomic E-state index is -0.737. The van der Waals surface area contributed by atoms with Gasteiger partial charge in [0, 0.05) is 11.1 Å². The highest BCUT2D eigenvalue weighted by molar-refractivity contribution is 6.33. The van der Waals surface area contributed by atoms with E-state index in [2.05, 4.69) is 5.10 Å². The monoisotopic (exact) mass is 204 g/mol. The molecule has 2 N–H and O–H groups in total. The lowest BCUT2D eigenvalue weighted by atomic mass is 10.1. The van der Waals surface area contributed by atoms with Crippen LogP contribution in [0.5, 0.6) is 0 Å². The fourth-order valence-electron chi connectivity index (χ4n) is 0.902. The molecule has 70 valence electrons. The van der Waals surface area contributed by atoms with E-state index in [1.807, 2.05) is 0 Å². The summed E-state index contributed by atoms with van der Waals surface area (Å²) >= 11 is 5.56. The molecule has 0 saturated heterocycles. The van der Waals surface area contributed by atoms with Crippen LogP contribution < -0.4 is 5.84 Å². The highest BCUT2D eigenvalue weighted by atomic mass is 35.5. The summed E-state index contributed by atoms with van der Waals surface area (Å²) in [5, 5.41) is 3.08. The van der Waals surface area contributed by atoms with Crippen molar-refractivity contribution in [2.75, 3.05) is 0 Å². The maximum Gasteiger partial charge on any atom is 0.139 e. The molecule has 0 spiro atoms. The van der Waals surface area contributed by atoms with Crippen molar-refractivity contribution >= 4 is 17.8 Å². The Morgan fingerprint density at radius 3 is 2.69 bits per heavy atom. The number of rotatable bonds is 1. The Balaban J connectivity index is 3.43. The molecule has 5 heteroatoms. The molecule has 0 aliphatic rings. The third kappa shape index (κ3) is 1.78. The molecule has 0 aliphatic heterocycles. The highest BCUT2D eigenvalue weighted by Crippen LogP contribution is 2.22. The molecular weight excluding hydrogens is 198 g/mol. The van der Waals surface area contributed by atoms with Gasteiger partial charge in [0.2, 0.25) is 0 Å². The number of halogens is 3. The number of nitrogens with zero attached hydrogens (tertiary/aromatic N) is 1. The predicted molar refractivity (Wildman–Crippen MR) is 47.9 cm³/mol. The summed E-state index contributed by atoms with van der Waals surface area (Å²) in [6.45, 7) is 1.31. The van der Waals surface area contributed by atoms with Gasteiger partial charge in [-0.1, -0.05) is 11.6 Å². The Kier molecular flexibility index (Phi) is 2.83. The van der Waals surface area contributed by atoms with Crippen molar-refractivity contribution in [3.8, 4) is 0 Å². The van der Waals surface area contributed by atoms with Gasteiger partial charge in [0.15, 0.2) is 0 Å². The van der Waals surface area contributed by atoms with E-state index in [9.17, 15) is 8.78 Å². The lowest BCUT2D eigenvalue weighted by molar-refractivity contribution is 0.567. The molecule has 0 saturated carbocycles. The van der Waals surface area contributed by atoms with Crippen molar-refractivity contribution in [2.45, 2.75) is 6.92 Å². The summed E-state index contributed by atoms with van der Waals surface area (Å²) in [7, 11) is 0. The topological polar surface area (TPSA) is 38.4 Å². The number of nitrogens with two attached hydrogens (primary N) is 1. The van der Waals surface area contributed by atoms with Gasteiger partial charge in [0.25, 0.3) is 0 Å². The smallest absolute Gasteiger partial charge is 0.139 e. The number of hydrogen-bond acceptors (Lipinski definition) is 2. The molecule has 0 amide bonds. The quantitative estimate of drug-likeness (QED) is 0.425. The largest absolute Gasteiger partial charge is 0.323 e. The first kappa shape index (κ1) is 9.92.